The van der Waals surface area contributed by atoms with Crippen molar-refractivity contribution >= 4 is 11.7 Å². The molecule has 0 saturated heterocycles. The van der Waals surface area contributed by atoms with Gasteiger partial charge in [0.1, 0.15) is 17.3 Å². The van der Waals surface area contributed by atoms with E-state index in [0.29, 0.717) is 22.8 Å². The van der Waals surface area contributed by atoms with Gasteiger partial charge in [0.25, 0.3) is 5.91 Å². The largest absolute Gasteiger partial charge is 0.306 e. The van der Waals surface area contributed by atoms with Crippen LogP contribution in [0.3, 0.4) is 0 Å². The van der Waals surface area contributed by atoms with Crippen LogP contribution in [0.25, 0.3) is 5.69 Å². The van der Waals surface area contributed by atoms with Crippen molar-refractivity contribution in [2.75, 3.05) is 5.32 Å². The third-order valence-electron chi connectivity index (χ3n) is 3.49. The molecule has 116 valence electrons. The van der Waals surface area contributed by atoms with Crippen LogP contribution in [0.5, 0.6) is 0 Å². The molecule has 2 heterocycles. The first-order valence-corrected chi connectivity index (χ1v) is 7.10. The Balaban J connectivity index is 1.88. The standard InChI is InChI=1S/C17H15FN4O/c1-11-7-8-16(19-9-11)21-17(23)13-10-20-22(12(13)2)15-6-4-3-5-14(15)18/h3-10H,1-2H3,(H,19,21,23). The Kier molecular flexibility index (Phi) is 3.89. The van der Waals surface area contributed by atoms with Crippen molar-refractivity contribution in [3.8, 4) is 5.69 Å². The number of rotatable bonds is 3. The Morgan fingerprint density at radius 1 is 1.13 bits per heavy atom. The molecule has 3 rings (SSSR count). The number of carbonyl (C=O) groups is 1. The number of nitrogens with one attached hydrogen (secondary N) is 1. The molecule has 3 aromatic rings. The number of para-hydroxylation sites is 1. The van der Waals surface area contributed by atoms with Gasteiger partial charge in [0.2, 0.25) is 0 Å². The minimum absolute atomic E-state index is 0.303. The fourth-order valence-corrected chi connectivity index (χ4v) is 2.22. The van der Waals surface area contributed by atoms with Gasteiger partial charge in [-0.3, -0.25) is 4.79 Å². The molecule has 0 atom stereocenters. The van der Waals surface area contributed by atoms with Crippen LogP contribution in [0.15, 0.2) is 48.8 Å². The predicted octanol–water partition coefficient (Wildman–Crippen LogP) is 3.28. The highest BCUT2D eigenvalue weighted by atomic mass is 19.1. The van der Waals surface area contributed by atoms with Gasteiger partial charge in [-0.25, -0.2) is 14.1 Å². The molecule has 0 aliphatic carbocycles. The zero-order chi connectivity index (χ0) is 16.4. The number of aryl methyl sites for hydroxylation is 1. The number of aromatic nitrogens is 3. The van der Waals surface area contributed by atoms with Crippen LogP contribution in [-0.2, 0) is 0 Å². The minimum Gasteiger partial charge on any atom is -0.306 e. The van der Waals surface area contributed by atoms with Crippen LogP contribution in [0, 0.1) is 19.7 Å². The number of nitrogens with zero attached hydrogens (tertiary/aromatic N) is 3. The summed E-state index contributed by atoms with van der Waals surface area (Å²) in [6.45, 7) is 3.64. The molecule has 23 heavy (non-hydrogen) atoms. The molecule has 0 aliphatic heterocycles. The molecular formula is C17H15FN4O. The van der Waals surface area contributed by atoms with Crippen molar-refractivity contribution in [1.29, 1.82) is 0 Å². The molecule has 1 amide bonds. The van der Waals surface area contributed by atoms with E-state index in [4.69, 9.17) is 0 Å². The summed E-state index contributed by atoms with van der Waals surface area (Å²) in [4.78, 5) is 16.5. The summed E-state index contributed by atoms with van der Waals surface area (Å²) in [6, 6.07) is 9.87. The average molecular weight is 310 g/mol. The van der Waals surface area contributed by atoms with Gasteiger partial charge in [-0.05, 0) is 37.6 Å². The van der Waals surface area contributed by atoms with Crippen LogP contribution in [0.2, 0.25) is 0 Å². The van der Waals surface area contributed by atoms with E-state index in [0.717, 1.165) is 5.56 Å². The molecule has 1 N–H and O–H groups in total. The number of amides is 1. The molecule has 5 nitrogen and oxygen atoms in total. The maximum Gasteiger partial charge on any atom is 0.260 e. The normalized spacial score (nSPS) is 10.6. The minimum atomic E-state index is -0.397. The van der Waals surface area contributed by atoms with Crippen LogP contribution in [0.1, 0.15) is 21.6 Å². The average Bonchev–Trinajstić information content (AvgIpc) is 2.92. The molecule has 0 aliphatic rings. The summed E-state index contributed by atoms with van der Waals surface area (Å²) < 4.78 is 15.3. The Morgan fingerprint density at radius 3 is 2.61 bits per heavy atom. The number of benzene rings is 1. The van der Waals surface area contributed by atoms with E-state index in [1.165, 1.54) is 16.9 Å². The van der Waals surface area contributed by atoms with Crippen molar-refractivity contribution in [2.24, 2.45) is 0 Å². The molecule has 0 fully saturated rings. The Hall–Kier alpha value is -3.02. The third-order valence-corrected chi connectivity index (χ3v) is 3.49. The number of pyridine rings is 1. The Labute approximate surface area is 132 Å². The summed E-state index contributed by atoms with van der Waals surface area (Å²) in [5, 5.41) is 6.83. The lowest BCUT2D eigenvalue weighted by molar-refractivity contribution is 0.102. The number of carbonyl (C=O) groups excluding carboxylic acids is 1. The fraction of sp³-hybridized carbons (Fsp3) is 0.118. The van der Waals surface area contributed by atoms with E-state index < -0.39 is 5.82 Å². The van der Waals surface area contributed by atoms with Gasteiger partial charge in [0.05, 0.1) is 17.5 Å². The van der Waals surface area contributed by atoms with Crippen LogP contribution < -0.4 is 5.32 Å². The highest BCUT2D eigenvalue weighted by molar-refractivity contribution is 6.04. The SMILES string of the molecule is Cc1ccc(NC(=O)c2cnn(-c3ccccc3F)c2C)nc1. The van der Waals surface area contributed by atoms with Crippen molar-refractivity contribution in [3.05, 3.63) is 71.4 Å². The number of anilines is 1. The second kappa shape index (κ2) is 6.00. The first kappa shape index (κ1) is 14.9. The summed E-state index contributed by atoms with van der Waals surface area (Å²) in [6.07, 6.45) is 3.09. The highest BCUT2D eigenvalue weighted by Crippen LogP contribution is 2.18. The maximum absolute atomic E-state index is 13.9. The zero-order valence-electron chi connectivity index (χ0n) is 12.7. The van der Waals surface area contributed by atoms with Crippen LogP contribution in [-0.4, -0.2) is 20.7 Å². The first-order valence-electron chi connectivity index (χ1n) is 7.10. The smallest absolute Gasteiger partial charge is 0.260 e. The second-order valence-corrected chi connectivity index (χ2v) is 5.18. The number of hydrogen-bond donors (Lipinski definition) is 1. The lowest BCUT2D eigenvalue weighted by Gasteiger charge is -2.07. The van der Waals surface area contributed by atoms with Gasteiger partial charge in [-0.2, -0.15) is 5.10 Å². The van der Waals surface area contributed by atoms with E-state index in [1.807, 2.05) is 13.0 Å². The van der Waals surface area contributed by atoms with Gasteiger partial charge in [-0.1, -0.05) is 18.2 Å². The quantitative estimate of drug-likeness (QED) is 0.807. The van der Waals surface area contributed by atoms with Gasteiger partial charge in [-0.15, -0.1) is 0 Å². The second-order valence-electron chi connectivity index (χ2n) is 5.18. The van der Waals surface area contributed by atoms with Crippen molar-refractivity contribution < 1.29 is 9.18 Å². The number of halogens is 1. The van der Waals surface area contributed by atoms with Crippen LogP contribution >= 0.6 is 0 Å². The van der Waals surface area contributed by atoms with E-state index in [9.17, 15) is 9.18 Å². The molecule has 0 radical (unpaired) electrons. The fourth-order valence-electron chi connectivity index (χ4n) is 2.22. The molecule has 0 bridgehead atoms. The summed E-state index contributed by atoms with van der Waals surface area (Å²) in [5.41, 5.74) is 2.24. The monoisotopic (exact) mass is 310 g/mol. The summed E-state index contributed by atoms with van der Waals surface area (Å²) in [7, 11) is 0. The Morgan fingerprint density at radius 2 is 1.91 bits per heavy atom. The number of hydrogen-bond acceptors (Lipinski definition) is 3. The van der Waals surface area contributed by atoms with Crippen molar-refractivity contribution in [2.45, 2.75) is 13.8 Å². The molecule has 1 aromatic carbocycles. The Bertz CT molecular complexity index is 855. The van der Waals surface area contributed by atoms with Crippen LogP contribution in [0.4, 0.5) is 10.2 Å². The molecule has 2 aromatic heterocycles. The van der Waals surface area contributed by atoms with E-state index >= 15 is 0 Å². The zero-order valence-corrected chi connectivity index (χ0v) is 12.7. The van der Waals surface area contributed by atoms with Gasteiger partial charge >= 0.3 is 0 Å². The molecule has 6 heteroatoms. The van der Waals surface area contributed by atoms with E-state index in [-0.39, 0.29) is 5.91 Å². The molecule has 0 unspecified atom stereocenters. The summed E-state index contributed by atoms with van der Waals surface area (Å²) in [5.74, 6) is -0.272. The lowest BCUT2D eigenvalue weighted by Crippen LogP contribution is -2.14. The molecular weight excluding hydrogens is 295 g/mol. The predicted molar refractivity (Wildman–Crippen MR) is 85.2 cm³/mol. The first-order chi connectivity index (χ1) is 11.1. The van der Waals surface area contributed by atoms with Gasteiger partial charge in [0.15, 0.2) is 0 Å². The molecule has 0 spiro atoms. The molecule has 0 saturated carbocycles. The third kappa shape index (κ3) is 2.96. The van der Waals surface area contributed by atoms with E-state index in [1.54, 1.807) is 37.4 Å². The van der Waals surface area contributed by atoms with Crippen molar-refractivity contribution in [3.63, 3.8) is 0 Å². The topological polar surface area (TPSA) is 59.8 Å². The highest BCUT2D eigenvalue weighted by Gasteiger charge is 2.17. The summed E-state index contributed by atoms with van der Waals surface area (Å²) >= 11 is 0. The lowest BCUT2D eigenvalue weighted by atomic mass is 10.2. The maximum atomic E-state index is 13.9. The van der Waals surface area contributed by atoms with Gasteiger partial charge in [0, 0.05) is 6.20 Å². The van der Waals surface area contributed by atoms with Gasteiger partial charge < -0.3 is 5.32 Å². The van der Waals surface area contributed by atoms with Crippen molar-refractivity contribution in [1.82, 2.24) is 14.8 Å². The van der Waals surface area contributed by atoms with E-state index in [2.05, 4.69) is 15.4 Å².